The summed E-state index contributed by atoms with van der Waals surface area (Å²) in [6, 6.07) is 8.19. The molecule has 1 aromatic carbocycles. The number of amides is 1. The molecule has 4 aromatic rings. The lowest BCUT2D eigenvalue weighted by molar-refractivity contribution is -0.113. The van der Waals surface area contributed by atoms with Gasteiger partial charge in [0, 0.05) is 21.2 Å². The van der Waals surface area contributed by atoms with Crippen LogP contribution in [0.5, 0.6) is 0 Å². The summed E-state index contributed by atoms with van der Waals surface area (Å²) in [6.07, 6.45) is 3.30. The lowest BCUT2D eigenvalue weighted by Crippen LogP contribution is -2.16. The van der Waals surface area contributed by atoms with Crippen LogP contribution in [0.25, 0.3) is 21.3 Å². The first-order valence-electron chi connectivity index (χ1n) is 12.5. The molecule has 5 rings (SSSR count). The SMILES string of the molecule is CCOC(=O)c1c(-c2ccc(C(C)C)cc2)csc1NC(=O)CSc1nc(C)nc2sc3c(c12)CCC3. The number of hydrogen-bond acceptors (Lipinski definition) is 8. The van der Waals surface area contributed by atoms with E-state index in [2.05, 4.69) is 41.3 Å². The van der Waals surface area contributed by atoms with E-state index in [1.165, 1.54) is 39.1 Å². The molecule has 1 aliphatic carbocycles. The van der Waals surface area contributed by atoms with Crippen molar-refractivity contribution < 1.29 is 14.3 Å². The van der Waals surface area contributed by atoms with Crippen LogP contribution in [0.3, 0.4) is 0 Å². The summed E-state index contributed by atoms with van der Waals surface area (Å²) in [6.45, 7) is 8.23. The summed E-state index contributed by atoms with van der Waals surface area (Å²) in [7, 11) is 0. The molecule has 6 nitrogen and oxygen atoms in total. The molecular formula is C28H29N3O3S3. The van der Waals surface area contributed by atoms with Crippen LogP contribution in [0.15, 0.2) is 34.7 Å². The summed E-state index contributed by atoms with van der Waals surface area (Å²) in [5.74, 6) is 0.705. The molecule has 0 saturated carbocycles. The van der Waals surface area contributed by atoms with Gasteiger partial charge in [0.2, 0.25) is 5.91 Å². The molecule has 1 aliphatic rings. The highest BCUT2D eigenvalue weighted by molar-refractivity contribution is 8.00. The van der Waals surface area contributed by atoms with E-state index in [0.29, 0.717) is 22.3 Å². The molecule has 37 heavy (non-hydrogen) atoms. The van der Waals surface area contributed by atoms with Crippen LogP contribution < -0.4 is 5.32 Å². The van der Waals surface area contributed by atoms with Gasteiger partial charge in [0.05, 0.1) is 12.4 Å². The maximum Gasteiger partial charge on any atom is 0.341 e. The van der Waals surface area contributed by atoms with Crippen molar-refractivity contribution in [3.05, 3.63) is 57.0 Å². The van der Waals surface area contributed by atoms with Gasteiger partial charge in [-0.05, 0) is 55.7 Å². The normalized spacial score (nSPS) is 12.8. The molecule has 0 spiro atoms. The summed E-state index contributed by atoms with van der Waals surface area (Å²) < 4.78 is 5.35. The fourth-order valence-electron chi connectivity index (χ4n) is 4.58. The predicted molar refractivity (Wildman–Crippen MR) is 153 cm³/mol. The quantitative estimate of drug-likeness (QED) is 0.141. The molecule has 0 radical (unpaired) electrons. The Morgan fingerprint density at radius 1 is 1.16 bits per heavy atom. The van der Waals surface area contributed by atoms with E-state index in [-0.39, 0.29) is 18.3 Å². The fourth-order valence-corrected chi connectivity index (χ4v) is 7.83. The number of carbonyl (C=O) groups excluding carboxylic acids is 2. The molecule has 9 heteroatoms. The maximum absolute atomic E-state index is 13.1. The number of thiophene rings is 2. The topological polar surface area (TPSA) is 81.2 Å². The third-order valence-electron chi connectivity index (χ3n) is 6.40. The van der Waals surface area contributed by atoms with Gasteiger partial charge in [-0.15, -0.1) is 22.7 Å². The third-order valence-corrected chi connectivity index (χ3v) is 9.45. The van der Waals surface area contributed by atoms with E-state index in [9.17, 15) is 9.59 Å². The first-order valence-corrected chi connectivity index (χ1v) is 15.1. The van der Waals surface area contributed by atoms with Gasteiger partial charge in [-0.25, -0.2) is 14.8 Å². The number of aryl methyl sites for hydroxylation is 3. The van der Waals surface area contributed by atoms with Gasteiger partial charge in [0.25, 0.3) is 0 Å². The molecule has 1 amide bonds. The standard InChI is InChI=1S/C28H29N3O3S3/c1-5-34-28(33)24-20(18-11-9-17(10-12-18)15(2)3)13-35-26(24)31-22(32)14-36-25-23-19-7-6-8-21(19)37-27(23)30-16(4)29-25/h9-13,15H,5-8,14H2,1-4H3,(H,31,32). The summed E-state index contributed by atoms with van der Waals surface area (Å²) >= 11 is 4.52. The Morgan fingerprint density at radius 3 is 2.68 bits per heavy atom. The Bertz CT molecular complexity index is 1470. The highest BCUT2D eigenvalue weighted by Crippen LogP contribution is 2.41. The van der Waals surface area contributed by atoms with Gasteiger partial charge in [0.15, 0.2) is 0 Å². The van der Waals surface area contributed by atoms with Crippen LogP contribution >= 0.6 is 34.4 Å². The minimum Gasteiger partial charge on any atom is -0.462 e. The van der Waals surface area contributed by atoms with Gasteiger partial charge in [-0.2, -0.15) is 0 Å². The molecule has 0 unspecified atom stereocenters. The monoisotopic (exact) mass is 551 g/mol. The fraction of sp³-hybridized carbons (Fsp3) is 0.357. The zero-order valence-electron chi connectivity index (χ0n) is 21.3. The van der Waals surface area contributed by atoms with Gasteiger partial charge < -0.3 is 10.1 Å². The van der Waals surface area contributed by atoms with Crippen molar-refractivity contribution in [2.24, 2.45) is 0 Å². The van der Waals surface area contributed by atoms with Crippen molar-refractivity contribution in [3.8, 4) is 11.1 Å². The van der Waals surface area contributed by atoms with Crippen molar-refractivity contribution in [2.75, 3.05) is 17.7 Å². The van der Waals surface area contributed by atoms with E-state index in [1.54, 1.807) is 18.3 Å². The number of hydrogen-bond donors (Lipinski definition) is 1. The highest BCUT2D eigenvalue weighted by Gasteiger charge is 2.25. The minimum atomic E-state index is -0.434. The van der Waals surface area contributed by atoms with Crippen LogP contribution in [0.1, 0.15) is 65.3 Å². The summed E-state index contributed by atoms with van der Waals surface area (Å²) in [4.78, 5) is 37.7. The second-order valence-electron chi connectivity index (χ2n) is 9.30. The van der Waals surface area contributed by atoms with E-state index in [1.807, 2.05) is 24.4 Å². The van der Waals surface area contributed by atoms with Crippen molar-refractivity contribution in [1.82, 2.24) is 9.97 Å². The van der Waals surface area contributed by atoms with Crippen molar-refractivity contribution in [2.45, 2.75) is 57.9 Å². The average molecular weight is 552 g/mol. The Morgan fingerprint density at radius 2 is 1.95 bits per heavy atom. The maximum atomic E-state index is 13.1. The molecule has 3 heterocycles. The van der Waals surface area contributed by atoms with Crippen LogP contribution in [-0.2, 0) is 22.4 Å². The number of nitrogens with zero attached hydrogens (tertiary/aromatic N) is 2. The van der Waals surface area contributed by atoms with E-state index in [4.69, 9.17) is 4.74 Å². The van der Waals surface area contributed by atoms with E-state index in [0.717, 1.165) is 45.6 Å². The molecule has 0 atom stereocenters. The first kappa shape index (κ1) is 25.9. The molecule has 192 valence electrons. The smallest absolute Gasteiger partial charge is 0.341 e. The molecule has 0 bridgehead atoms. The number of rotatable bonds is 8. The van der Waals surface area contributed by atoms with Gasteiger partial charge in [0.1, 0.15) is 26.2 Å². The van der Waals surface area contributed by atoms with Gasteiger partial charge >= 0.3 is 5.97 Å². The van der Waals surface area contributed by atoms with Crippen LogP contribution in [0, 0.1) is 6.92 Å². The number of esters is 1. The van der Waals surface area contributed by atoms with E-state index >= 15 is 0 Å². The lowest BCUT2D eigenvalue weighted by Gasteiger charge is -2.10. The van der Waals surface area contributed by atoms with Gasteiger partial charge in [-0.3, -0.25) is 4.79 Å². The number of nitrogens with one attached hydrogen (secondary N) is 1. The Balaban J connectivity index is 1.37. The third kappa shape index (κ3) is 5.30. The number of anilines is 1. The largest absolute Gasteiger partial charge is 0.462 e. The number of thioether (sulfide) groups is 1. The van der Waals surface area contributed by atoms with Crippen molar-refractivity contribution in [1.29, 1.82) is 0 Å². The Labute approximate surface area is 228 Å². The summed E-state index contributed by atoms with van der Waals surface area (Å²) in [5, 5.41) is 7.35. The minimum absolute atomic E-state index is 0.185. The second-order valence-corrected chi connectivity index (χ2v) is 12.2. The van der Waals surface area contributed by atoms with Crippen LogP contribution in [-0.4, -0.2) is 34.2 Å². The molecule has 1 N–H and O–H groups in total. The first-order chi connectivity index (χ1) is 17.9. The average Bonchev–Trinajstić information content (AvgIpc) is 3.57. The van der Waals surface area contributed by atoms with Crippen molar-refractivity contribution in [3.63, 3.8) is 0 Å². The molecule has 0 aliphatic heterocycles. The number of carbonyl (C=O) groups is 2. The highest BCUT2D eigenvalue weighted by atomic mass is 32.2. The number of benzene rings is 1. The van der Waals surface area contributed by atoms with Gasteiger partial charge in [-0.1, -0.05) is 49.9 Å². The predicted octanol–water partition coefficient (Wildman–Crippen LogP) is 7.25. The summed E-state index contributed by atoms with van der Waals surface area (Å²) in [5.41, 5.74) is 4.66. The van der Waals surface area contributed by atoms with E-state index < -0.39 is 5.97 Å². The zero-order valence-corrected chi connectivity index (χ0v) is 23.8. The van der Waals surface area contributed by atoms with Crippen LogP contribution in [0.2, 0.25) is 0 Å². The van der Waals surface area contributed by atoms with Crippen molar-refractivity contribution >= 4 is 61.5 Å². The molecule has 0 saturated heterocycles. The Hall–Kier alpha value is -2.75. The lowest BCUT2D eigenvalue weighted by atomic mass is 9.98. The second kappa shape index (κ2) is 10.9. The Kier molecular flexibility index (Phi) is 7.65. The zero-order chi connectivity index (χ0) is 26.1. The molecule has 0 fully saturated rings. The molecule has 3 aromatic heterocycles. The van der Waals surface area contributed by atoms with Crippen LogP contribution in [0.4, 0.5) is 5.00 Å². The number of aromatic nitrogens is 2. The number of fused-ring (bicyclic) bond motifs is 3. The number of ether oxygens (including phenoxy) is 1. The molecular weight excluding hydrogens is 523 g/mol.